The fourth-order valence-electron chi connectivity index (χ4n) is 1.50. The van der Waals surface area contributed by atoms with E-state index in [4.69, 9.17) is 0 Å². The Morgan fingerprint density at radius 2 is 2.50 bits per heavy atom. The van der Waals surface area contributed by atoms with Crippen molar-refractivity contribution in [3.63, 3.8) is 0 Å². The van der Waals surface area contributed by atoms with Gasteiger partial charge in [0, 0.05) is 17.3 Å². The summed E-state index contributed by atoms with van der Waals surface area (Å²) in [7, 11) is 0. The summed E-state index contributed by atoms with van der Waals surface area (Å²) < 4.78 is 11.6. The smallest absolute Gasteiger partial charge is 0.311 e. The van der Waals surface area contributed by atoms with E-state index in [1.165, 1.54) is 6.20 Å². The summed E-state index contributed by atoms with van der Waals surface area (Å²) in [6, 6.07) is 1.63. The molecule has 0 saturated carbocycles. The van der Waals surface area contributed by atoms with Gasteiger partial charge in [-0.2, -0.15) is 0 Å². The van der Waals surface area contributed by atoms with Crippen LogP contribution in [0, 0.1) is 0 Å². The summed E-state index contributed by atoms with van der Waals surface area (Å²) in [6.45, 7) is 1.54. The first-order valence-electron chi connectivity index (χ1n) is 4.32. The van der Waals surface area contributed by atoms with Crippen molar-refractivity contribution >= 4 is 5.97 Å². The van der Waals surface area contributed by atoms with Crippen molar-refractivity contribution in [1.82, 2.24) is 10.3 Å². The lowest BCUT2D eigenvalue weighted by Crippen LogP contribution is -2.25. The Morgan fingerprint density at radius 3 is 3.29 bits per heavy atom. The maximum absolute atomic E-state index is 11.6. The third kappa shape index (κ3) is 1.58. The molecule has 74 valence electrons. The molecular weight excluding hydrogens is 187 g/mol. The van der Waals surface area contributed by atoms with Gasteiger partial charge in [-0.1, -0.05) is 0 Å². The van der Waals surface area contributed by atoms with Gasteiger partial charge in [0.1, 0.15) is 0 Å². The minimum absolute atomic E-state index is 0.160. The topological polar surface area (TPSA) is 51.2 Å². The number of nitrogens with zero attached hydrogens (tertiary/aromatic N) is 1. The Balaban J connectivity index is 2.33. The normalized spacial score (nSPS) is 14.6. The van der Waals surface area contributed by atoms with Gasteiger partial charge >= 0.3 is 5.97 Å². The molecule has 0 bridgehead atoms. The van der Waals surface area contributed by atoms with Crippen LogP contribution in [0.4, 0.5) is 4.53 Å². The molecule has 0 atom stereocenters. The number of halogens is 1. The van der Waals surface area contributed by atoms with Gasteiger partial charge in [-0.15, -0.1) is 0 Å². The fourth-order valence-corrected chi connectivity index (χ4v) is 1.50. The summed E-state index contributed by atoms with van der Waals surface area (Å²) in [5.41, 5.74) is 2.05. The van der Waals surface area contributed by atoms with Gasteiger partial charge in [0.25, 0.3) is 0 Å². The minimum Gasteiger partial charge on any atom is -0.311 e. The Bertz CT molecular complexity index is 368. The molecule has 0 fully saturated rings. The molecule has 0 radical (unpaired) electrons. The van der Waals surface area contributed by atoms with Gasteiger partial charge < -0.3 is 5.32 Å². The zero-order chi connectivity index (χ0) is 9.97. The fraction of sp³-hybridized carbons (Fsp3) is 0.333. The SMILES string of the molecule is O=C(OF)c1cnc2c(c1)CCNC2. The van der Waals surface area contributed by atoms with Gasteiger partial charge in [-0.25, -0.2) is 9.74 Å². The molecule has 1 N–H and O–H groups in total. The number of carbonyl (C=O) groups excluding carboxylic acids is 1. The van der Waals surface area contributed by atoms with Crippen molar-refractivity contribution in [2.45, 2.75) is 13.0 Å². The first-order chi connectivity index (χ1) is 6.81. The van der Waals surface area contributed by atoms with Gasteiger partial charge in [0.05, 0.1) is 11.3 Å². The van der Waals surface area contributed by atoms with Gasteiger partial charge in [-0.05, 0) is 24.6 Å². The molecule has 5 heteroatoms. The number of nitrogens with one attached hydrogen (secondary N) is 1. The van der Waals surface area contributed by atoms with E-state index in [1.807, 2.05) is 0 Å². The predicted molar refractivity (Wildman–Crippen MR) is 46.2 cm³/mol. The van der Waals surface area contributed by atoms with Gasteiger partial charge in [0.15, 0.2) is 0 Å². The molecule has 0 aromatic carbocycles. The van der Waals surface area contributed by atoms with E-state index >= 15 is 0 Å². The van der Waals surface area contributed by atoms with Crippen molar-refractivity contribution in [3.8, 4) is 0 Å². The molecule has 1 aliphatic rings. The third-order valence-corrected chi connectivity index (χ3v) is 2.23. The Hall–Kier alpha value is -1.49. The maximum Gasteiger partial charge on any atom is 0.381 e. The number of pyridine rings is 1. The van der Waals surface area contributed by atoms with Crippen molar-refractivity contribution in [2.24, 2.45) is 0 Å². The number of hydrogen-bond donors (Lipinski definition) is 1. The molecule has 4 nitrogen and oxygen atoms in total. The molecule has 1 aromatic heterocycles. The number of fused-ring (bicyclic) bond motifs is 1. The van der Waals surface area contributed by atoms with E-state index < -0.39 is 5.97 Å². The molecule has 2 heterocycles. The molecule has 0 unspecified atom stereocenters. The lowest BCUT2D eigenvalue weighted by atomic mass is 10.0. The van der Waals surface area contributed by atoms with Gasteiger partial charge in [-0.3, -0.25) is 4.98 Å². The van der Waals surface area contributed by atoms with E-state index in [1.54, 1.807) is 6.07 Å². The van der Waals surface area contributed by atoms with E-state index in [9.17, 15) is 9.32 Å². The molecule has 2 rings (SSSR count). The summed E-state index contributed by atoms with van der Waals surface area (Å²) in [5.74, 6) is -0.987. The molecule has 1 aliphatic heterocycles. The first kappa shape index (κ1) is 9.08. The van der Waals surface area contributed by atoms with Crippen LogP contribution in [0.15, 0.2) is 12.3 Å². The highest BCUT2D eigenvalue weighted by Gasteiger charge is 2.14. The molecular formula is C9H9FN2O2. The summed E-state index contributed by atoms with van der Waals surface area (Å²) in [6.07, 6.45) is 2.13. The second kappa shape index (κ2) is 3.71. The van der Waals surface area contributed by atoms with Crippen LogP contribution in [-0.2, 0) is 17.9 Å². The predicted octanol–water partition coefficient (Wildman–Crippen LogP) is 0.769. The van der Waals surface area contributed by atoms with E-state index in [0.29, 0.717) is 6.54 Å². The van der Waals surface area contributed by atoms with E-state index in [2.05, 4.69) is 15.2 Å². The first-order valence-corrected chi connectivity index (χ1v) is 4.32. The zero-order valence-electron chi connectivity index (χ0n) is 7.42. The minimum atomic E-state index is -0.987. The largest absolute Gasteiger partial charge is 0.381 e. The second-order valence-electron chi connectivity index (χ2n) is 3.12. The van der Waals surface area contributed by atoms with Crippen LogP contribution < -0.4 is 5.32 Å². The Kier molecular flexibility index (Phi) is 2.41. The van der Waals surface area contributed by atoms with Crippen molar-refractivity contribution in [2.75, 3.05) is 6.54 Å². The number of aromatic nitrogens is 1. The third-order valence-electron chi connectivity index (χ3n) is 2.23. The number of hydrogen-bond acceptors (Lipinski definition) is 4. The van der Waals surface area contributed by atoms with E-state index in [-0.39, 0.29) is 5.56 Å². The average molecular weight is 196 g/mol. The molecule has 0 saturated heterocycles. The lowest BCUT2D eigenvalue weighted by Gasteiger charge is -2.15. The van der Waals surface area contributed by atoms with Crippen LogP contribution >= 0.6 is 0 Å². The van der Waals surface area contributed by atoms with Crippen molar-refractivity contribution < 1.29 is 14.3 Å². The molecule has 0 aliphatic carbocycles. The van der Waals surface area contributed by atoms with Crippen LogP contribution in [0.1, 0.15) is 21.6 Å². The average Bonchev–Trinajstić information content (AvgIpc) is 2.27. The quantitative estimate of drug-likeness (QED) is 0.720. The Morgan fingerprint density at radius 1 is 1.64 bits per heavy atom. The molecule has 0 spiro atoms. The standard InChI is InChI=1S/C9H9FN2O2/c10-14-9(13)7-3-6-1-2-11-5-8(6)12-4-7/h3-4,11H,1-2,5H2. The zero-order valence-corrected chi connectivity index (χ0v) is 7.42. The van der Waals surface area contributed by atoms with Crippen molar-refractivity contribution in [1.29, 1.82) is 0 Å². The van der Waals surface area contributed by atoms with Crippen molar-refractivity contribution in [3.05, 3.63) is 29.1 Å². The molecule has 14 heavy (non-hydrogen) atoms. The summed E-state index contributed by atoms with van der Waals surface area (Å²) in [4.78, 5) is 18.0. The molecule has 1 aromatic rings. The highest BCUT2D eigenvalue weighted by molar-refractivity contribution is 5.88. The van der Waals surface area contributed by atoms with Crippen LogP contribution in [0.2, 0.25) is 0 Å². The van der Waals surface area contributed by atoms with Crippen LogP contribution in [0.25, 0.3) is 0 Å². The number of carbonyl (C=O) groups is 1. The summed E-state index contributed by atoms with van der Waals surface area (Å²) in [5, 5.41) is 3.15. The molecule has 0 amide bonds. The maximum atomic E-state index is 11.6. The summed E-state index contributed by atoms with van der Waals surface area (Å²) >= 11 is 0. The van der Waals surface area contributed by atoms with Gasteiger partial charge in [0.2, 0.25) is 0 Å². The highest BCUT2D eigenvalue weighted by Crippen LogP contribution is 2.13. The monoisotopic (exact) mass is 196 g/mol. The van der Waals surface area contributed by atoms with Crippen LogP contribution in [0.5, 0.6) is 0 Å². The Labute approximate surface area is 80.0 Å². The highest BCUT2D eigenvalue weighted by atomic mass is 19.3. The lowest BCUT2D eigenvalue weighted by molar-refractivity contribution is -0.0788. The van der Waals surface area contributed by atoms with Crippen LogP contribution in [0.3, 0.4) is 0 Å². The number of rotatable bonds is 1. The van der Waals surface area contributed by atoms with E-state index in [0.717, 1.165) is 24.2 Å². The van der Waals surface area contributed by atoms with Crippen LogP contribution in [-0.4, -0.2) is 17.5 Å². The second-order valence-corrected chi connectivity index (χ2v) is 3.12.